The summed E-state index contributed by atoms with van der Waals surface area (Å²) in [7, 11) is 0. The first-order valence-corrected chi connectivity index (χ1v) is 6.17. The molecule has 0 bridgehead atoms. The average Bonchev–Trinajstić information content (AvgIpc) is 2.67. The van der Waals surface area contributed by atoms with E-state index in [2.05, 4.69) is 21.2 Å². The van der Waals surface area contributed by atoms with Crippen molar-refractivity contribution in [2.24, 2.45) is 0 Å². The molecule has 2 rings (SSSR count). The molecule has 0 radical (unpaired) electrons. The normalized spacial score (nSPS) is 20.8. The Morgan fingerprint density at radius 2 is 2.33 bits per heavy atom. The fraction of sp³-hybridized carbons (Fsp3) is 0.500. The molecule has 1 aliphatic heterocycles. The first kappa shape index (κ1) is 11.0. The van der Waals surface area contributed by atoms with Gasteiger partial charge in [0.25, 0.3) is 0 Å². The Morgan fingerprint density at radius 1 is 1.53 bits per heavy atom. The molecule has 1 fully saturated rings. The van der Waals surface area contributed by atoms with Gasteiger partial charge in [-0.1, -0.05) is 15.9 Å². The first-order chi connectivity index (χ1) is 7.16. The van der Waals surface area contributed by atoms with Crippen LogP contribution in [0.2, 0.25) is 0 Å². The SMILES string of the molecule is Cc1cc(O)c(CC2CCCN2)cc1Br. The summed E-state index contributed by atoms with van der Waals surface area (Å²) in [5, 5.41) is 13.3. The monoisotopic (exact) mass is 269 g/mol. The van der Waals surface area contributed by atoms with E-state index in [9.17, 15) is 5.11 Å². The van der Waals surface area contributed by atoms with Crippen molar-refractivity contribution in [2.75, 3.05) is 6.54 Å². The second kappa shape index (κ2) is 4.54. The highest BCUT2D eigenvalue weighted by atomic mass is 79.9. The van der Waals surface area contributed by atoms with Crippen LogP contribution in [0.1, 0.15) is 24.0 Å². The van der Waals surface area contributed by atoms with Gasteiger partial charge >= 0.3 is 0 Å². The Hall–Kier alpha value is -0.540. The zero-order valence-corrected chi connectivity index (χ0v) is 10.5. The van der Waals surface area contributed by atoms with Crippen molar-refractivity contribution in [1.82, 2.24) is 5.32 Å². The first-order valence-electron chi connectivity index (χ1n) is 5.38. The van der Waals surface area contributed by atoms with Gasteiger partial charge in [0.2, 0.25) is 0 Å². The van der Waals surface area contributed by atoms with E-state index in [0.29, 0.717) is 11.8 Å². The maximum absolute atomic E-state index is 9.83. The predicted octanol–water partition coefficient (Wildman–Crippen LogP) is 2.76. The van der Waals surface area contributed by atoms with E-state index in [0.717, 1.165) is 28.6 Å². The number of phenolic OH excluding ortho intramolecular Hbond substituents is 1. The van der Waals surface area contributed by atoms with Crippen LogP contribution < -0.4 is 5.32 Å². The Balaban J connectivity index is 2.16. The lowest BCUT2D eigenvalue weighted by Crippen LogP contribution is -2.23. The number of benzene rings is 1. The maximum atomic E-state index is 9.83. The third-order valence-corrected chi connectivity index (χ3v) is 3.84. The third-order valence-electron chi connectivity index (χ3n) is 2.99. The molecule has 0 aliphatic carbocycles. The number of hydrogen-bond donors (Lipinski definition) is 2. The molecule has 15 heavy (non-hydrogen) atoms. The highest BCUT2D eigenvalue weighted by Crippen LogP contribution is 2.27. The molecule has 1 aromatic rings. The molecule has 1 aliphatic rings. The standard InChI is InChI=1S/C12H16BrNO/c1-8-5-12(15)9(7-11(8)13)6-10-3-2-4-14-10/h5,7,10,14-15H,2-4,6H2,1H3. The molecule has 1 saturated heterocycles. The summed E-state index contributed by atoms with van der Waals surface area (Å²) in [5.74, 6) is 0.421. The molecule has 1 heterocycles. The van der Waals surface area contributed by atoms with Crippen LogP contribution >= 0.6 is 15.9 Å². The van der Waals surface area contributed by atoms with E-state index in [1.54, 1.807) is 0 Å². The molecule has 1 atom stereocenters. The lowest BCUT2D eigenvalue weighted by molar-refractivity contribution is 0.461. The molecule has 1 aromatic carbocycles. The molecule has 0 amide bonds. The van der Waals surface area contributed by atoms with Gasteiger partial charge in [-0.15, -0.1) is 0 Å². The van der Waals surface area contributed by atoms with Crippen LogP contribution in [0, 0.1) is 6.92 Å². The van der Waals surface area contributed by atoms with Gasteiger partial charge in [-0.2, -0.15) is 0 Å². The van der Waals surface area contributed by atoms with Gasteiger partial charge in [0.1, 0.15) is 5.75 Å². The second-order valence-electron chi connectivity index (χ2n) is 4.23. The number of rotatable bonds is 2. The van der Waals surface area contributed by atoms with E-state index >= 15 is 0 Å². The Labute approximate surface area is 98.8 Å². The molecule has 82 valence electrons. The number of phenols is 1. The highest BCUT2D eigenvalue weighted by molar-refractivity contribution is 9.10. The van der Waals surface area contributed by atoms with Crippen molar-refractivity contribution in [3.05, 3.63) is 27.7 Å². The number of hydrogen-bond acceptors (Lipinski definition) is 2. The molecule has 2 N–H and O–H groups in total. The Bertz CT molecular complexity index is 359. The van der Waals surface area contributed by atoms with Gasteiger partial charge in [-0.25, -0.2) is 0 Å². The van der Waals surface area contributed by atoms with E-state index in [-0.39, 0.29) is 0 Å². The van der Waals surface area contributed by atoms with E-state index < -0.39 is 0 Å². The number of halogens is 1. The molecule has 0 aromatic heterocycles. The van der Waals surface area contributed by atoms with E-state index in [1.165, 1.54) is 12.8 Å². The zero-order chi connectivity index (χ0) is 10.8. The van der Waals surface area contributed by atoms with Crippen molar-refractivity contribution >= 4 is 15.9 Å². The second-order valence-corrected chi connectivity index (χ2v) is 5.08. The fourth-order valence-corrected chi connectivity index (χ4v) is 2.46. The zero-order valence-electron chi connectivity index (χ0n) is 8.89. The van der Waals surface area contributed by atoms with Gasteiger partial charge in [0.15, 0.2) is 0 Å². The van der Waals surface area contributed by atoms with Crippen LogP contribution in [-0.4, -0.2) is 17.7 Å². The van der Waals surface area contributed by atoms with Crippen LogP contribution in [-0.2, 0) is 6.42 Å². The third kappa shape index (κ3) is 2.52. The van der Waals surface area contributed by atoms with Crippen LogP contribution in [0.4, 0.5) is 0 Å². The predicted molar refractivity (Wildman–Crippen MR) is 65.3 cm³/mol. The van der Waals surface area contributed by atoms with Crippen LogP contribution in [0.15, 0.2) is 16.6 Å². The average molecular weight is 270 g/mol. The van der Waals surface area contributed by atoms with Gasteiger partial charge in [0.05, 0.1) is 0 Å². The summed E-state index contributed by atoms with van der Waals surface area (Å²) in [5.41, 5.74) is 2.11. The minimum absolute atomic E-state index is 0.421. The highest BCUT2D eigenvalue weighted by Gasteiger charge is 2.16. The lowest BCUT2D eigenvalue weighted by atomic mass is 10.0. The lowest BCUT2D eigenvalue weighted by Gasteiger charge is -2.12. The molecule has 2 nitrogen and oxygen atoms in total. The topological polar surface area (TPSA) is 32.3 Å². The van der Waals surface area contributed by atoms with Crippen molar-refractivity contribution in [3.63, 3.8) is 0 Å². The summed E-state index contributed by atoms with van der Waals surface area (Å²) in [6, 6.07) is 4.39. The molecule has 0 saturated carbocycles. The smallest absolute Gasteiger partial charge is 0.119 e. The number of nitrogens with one attached hydrogen (secondary N) is 1. The fourth-order valence-electron chi connectivity index (χ4n) is 2.07. The van der Waals surface area contributed by atoms with Gasteiger partial charge in [-0.3, -0.25) is 0 Å². The maximum Gasteiger partial charge on any atom is 0.119 e. The Kier molecular flexibility index (Phi) is 3.32. The summed E-state index contributed by atoms with van der Waals surface area (Å²) < 4.78 is 1.08. The van der Waals surface area contributed by atoms with Crippen molar-refractivity contribution in [2.45, 2.75) is 32.2 Å². The number of aryl methyl sites for hydroxylation is 1. The van der Waals surface area contributed by atoms with Crippen LogP contribution in [0.25, 0.3) is 0 Å². The van der Waals surface area contributed by atoms with Crippen molar-refractivity contribution in [1.29, 1.82) is 0 Å². The van der Waals surface area contributed by atoms with Gasteiger partial charge < -0.3 is 10.4 Å². The largest absolute Gasteiger partial charge is 0.508 e. The molecule has 0 spiro atoms. The molecular weight excluding hydrogens is 254 g/mol. The molecule has 1 unspecified atom stereocenters. The van der Waals surface area contributed by atoms with Crippen molar-refractivity contribution in [3.8, 4) is 5.75 Å². The van der Waals surface area contributed by atoms with E-state index in [1.807, 2.05) is 19.1 Å². The molecule has 3 heteroatoms. The van der Waals surface area contributed by atoms with Gasteiger partial charge in [-0.05, 0) is 56.0 Å². The van der Waals surface area contributed by atoms with E-state index in [4.69, 9.17) is 0 Å². The van der Waals surface area contributed by atoms with Crippen molar-refractivity contribution < 1.29 is 5.11 Å². The number of aromatic hydroxyl groups is 1. The van der Waals surface area contributed by atoms with Gasteiger partial charge in [0, 0.05) is 10.5 Å². The van der Waals surface area contributed by atoms with Crippen LogP contribution in [0.3, 0.4) is 0 Å². The quantitative estimate of drug-likeness (QED) is 0.866. The summed E-state index contributed by atoms with van der Waals surface area (Å²) in [4.78, 5) is 0. The molecular formula is C12H16BrNO. The summed E-state index contributed by atoms with van der Waals surface area (Å²) in [6.45, 7) is 3.10. The minimum atomic E-state index is 0.421. The van der Waals surface area contributed by atoms with Crippen LogP contribution in [0.5, 0.6) is 5.75 Å². The summed E-state index contributed by atoms with van der Waals surface area (Å²) >= 11 is 3.50. The minimum Gasteiger partial charge on any atom is -0.508 e. The Morgan fingerprint density at radius 3 is 3.00 bits per heavy atom. The summed E-state index contributed by atoms with van der Waals surface area (Å²) in [6.07, 6.45) is 3.38.